The van der Waals surface area contributed by atoms with Crippen LogP contribution >= 0.6 is 15.9 Å². The van der Waals surface area contributed by atoms with Gasteiger partial charge in [0.1, 0.15) is 0 Å². The fourth-order valence-electron chi connectivity index (χ4n) is 2.04. The van der Waals surface area contributed by atoms with Crippen molar-refractivity contribution in [1.82, 2.24) is 0 Å². The standard InChI is InChI=1S/C15H16BrN3O/c16-12-6-3-7-13(14(12)15(18)20)19-9-11-5-2-1-4-10(11)8-17/h1-7,19H,8-9,17H2,(H2,18,20). The average molecular weight is 334 g/mol. The third kappa shape index (κ3) is 3.18. The number of nitrogens with two attached hydrogens (primary N) is 2. The van der Waals surface area contributed by atoms with Gasteiger partial charge in [0, 0.05) is 23.2 Å². The first-order chi connectivity index (χ1) is 9.63. The van der Waals surface area contributed by atoms with Gasteiger partial charge in [-0.05, 0) is 39.2 Å². The van der Waals surface area contributed by atoms with Gasteiger partial charge in [0.2, 0.25) is 0 Å². The fraction of sp³-hybridized carbons (Fsp3) is 0.133. The second kappa shape index (κ2) is 6.54. The number of carbonyl (C=O) groups is 1. The van der Waals surface area contributed by atoms with Crippen LogP contribution in [-0.2, 0) is 13.1 Å². The van der Waals surface area contributed by atoms with Crippen molar-refractivity contribution in [3.63, 3.8) is 0 Å². The molecule has 0 aliphatic carbocycles. The van der Waals surface area contributed by atoms with Crippen LogP contribution in [0.25, 0.3) is 0 Å². The molecular weight excluding hydrogens is 318 g/mol. The van der Waals surface area contributed by atoms with Crippen LogP contribution in [0.4, 0.5) is 5.69 Å². The zero-order valence-corrected chi connectivity index (χ0v) is 12.5. The summed E-state index contributed by atoms with van der Waals surface area (Å²) < 4.78 is 0.683. The Balaban J connectivity index is 2.23. The molecular formula is C15H16BrN3O. The number of carbonyl (C=O) groups excluding carboxylic acids is 1. The summed E-state index contributed by atoms with van der Waals surface area (Å²) in [6, 6.07) is 13.4. The van der Waals surface area contributed by atoms with Gasteiger partial charge in [-0.1, -0.05) is 30.3 Å². The van der Waals surface area contributed by atoms with E-state index in [9.17, 15) is 4.79 Å². The maximum absolute atomic E-state index is 11.5. The van der Waals surface area contributed by atoms with Crippen LogP contribution in [0.1, 0.15) is 21.5 Å². The molecule has 0 saturated heterocycles. The molecule has 0 heterocycles. The highest BCUT2D eigenvalue weighted by molar-refractivity contribution is 9.10. The van der Waals surface area contributed by atoms with Gasteiger partial charge in [-0.2, -0.15) is 0 Å². The van der Waals surface area contributed by atoms with Gasteiger partial charge in [0.15, 0.2) is 0 Å². The molecule has 1 amide bonds. The third-order valence-electron chi connectivity index (χ3n) is 3.07. The topological polar surface area (TPSA) is 81.1 Å². The minimum Gasteiger partial charge on any atom is -0.380 e. The first-order valence-corrected chi connectivity index (χ1v) is 7.02. The molecule has 2 aromatic rings. The van der Waals surface area contributed by atoms with Gasteiger partial charge in [0.25, 0.3) is 5.91 Å². The minimum atomic E-state index is -0.466. The molecule has 2 rings (SSSR count). The van der Waals surface area contributed by atoms with Crippen molar-refractivity contribution in [2.24, 2.45) is 11.5 Å². The molecule has 4 nitrogen and oxygen atoms in total. The molecule has 0 saturated carbocycles. The number of amides is 1. The highest BCUT2D eigenvalue weighted by Crippen LogP contribution is 2.25. The number of hydrogen-bond donors (Lipinski definition) is 3. The zero-order valence-electron chi connectivity index (χ0n) is 10.9. The maximum atomic E-state index is 11.5. The first-order valence-electron chi connectivity index (χ1n) is 6.22. The second-order valence-electron chi connectivity index (χ2n) is 4.35. The summed E-state index contributed by atoms with van der Waals surface area (Å²) in [7, 11) is 0. The molecule has 0 aliphatic heterocycles. The minimum absolute atomic E-state index is 0.456. The maximum Gasteiger partial charge on any atom is 0.251 e. The summed E-state index contributed by atoms with van der Waals surface area (Å²) in [6.07, 6.45) is 0. The van der Waals surface area contributed by atoms with Gasteiger partial charge in [0.05, 0.1) is 5.56 Å². The molecule has 20 heavy (non-hydrogen) atoms. The highest BCUT2D eigenvalue weighted by atomic mass is 79.9. The van der Waals surface area contributed by atoms with E-state index in [1.54, 1.807) is 6.07 Å². The van der Waals surface area contributed by atoms with Crippen LogP contribution in [0, 0.1) is 0 Å². The molecule has 0 spiro atoms. The predicted octanol–water partition coefficient (Wildman–Crippen LogP) is 2.62. The van der Waals surface area contributed by atoms with E-state index in [1.165, 1.54) is 0 Å². The van der Waals surface area contributed by atoms with Gasteiger partial charge in [-0.15, -0.1) is 0 Å². The van der Waals surface area contributed by atoms with Crippen LogP contribution < -0.4 is 16.8 Å². The Kier molecular flexibility index (Phi) is 4.76. The Hall–Kier alpha value is -1.85. The quantitative estimate of drug-likeness (QED) is 0.786. The Labute approximate surface area is 126 Å². The predicted molar refractivity (Wildman–Crippen MR) is 84.3 cm³/mol. The number of hydrogen-bond acceptors (Lipinski definition) is 3. The molecule has 0 aromatic heterocycles. The lowest BCUT2D eigenvalue weighted by Gasteiger charge is -2.13. The molecule has 104 valence electrons. The number of primary amides is 1. The van der Waals surface area contributed by atoms with E-state index in [4.69, 9.17) is 11.5 Å². The molecule has 2 aromatic carbocycles. The van der Waals surface area contributed by atoms with Gasteiger partial charge < -0.3 is 16.8 Å². The molecule has 0 unspecified atom stereocenters. The van der Waals surface area contributed by atoms with Crippen molar-refractivity contribution in [3.05, 3.63) is 63.6 Å². The summed E-state index contributed by atoms with van der Waals surface area (Å²) in [5, 5.41) is 3.24. The number of rotatable bonds is 5. The van der Waals surface area contributed by atoms with E-state index in [2.05, 4.69) is 21.2 Å². The van der Waals surface area contributed by atoms with Crippen molar-refractivity contribution in [2.75, 3.05) is 5.32 Å². The summed E-state index contributed by atoms with van der Waals surface area (Å²) in [5.74, 6) is -0.466. The van der Waals surface area contributed by atoms with E-state index in [0.717, 1.165) is 11.1 Å². The van der Waals surface area contributed by atoms with Crippen LogP contribution in [0.15, 0.2) is 46.9 Å². The Morgan fingerprint density at radius 2 is 1.80 bits per heavy atom. The number of halogens is 1. The van der Waals surface area contributed by atoms with Crippen molar-refractivity contribution in [1.29, 1.82) is 0 Å². The molecule has 0 bridgehead atoms. The van der Waals surface area contributed by atoms with E-state index in [-0.39, 0.29) is 0 Å². The summed E-state index contributed by atoms with van der Waals surface area (Å²) in [4.78, 5) is 11.5. The molecule has 5 heteroatoms. The fourth-order valence-corrected chi connectivity index (χ4v) is 2.60. The second-order valence-corrected chi connectivity index (χ2v) is 5.21. The number of benzene rings is 2. The Bertz CT molecular complexity index is 628. The van der Waals surface area contributed by atoms with Crippen LogP contribution in [0.5, 0.6) is 0 Å². The molecule has 0 fully saturated rings. The van der Waals surface area contributed by atoms with Crippen molar-refractivity contribution < 1.29 is 4.79 Å². The van der Waals surface area contributed by atoms with E-state index < -0.39 is 5.91 Å². The van der Waals surface area contributed by atoms with Crippen molar-refractivity contribution in [3.8, 4) is 0 Å². The van der Waals surface area contributed by atoms with Crippen molar-refractivity contribution >= 4 is 27.5 Å². The first kappa shape index (κ1) is 14.6. The monoisotopic (exact) mass is 333 g/mol. The SMILES string of the molecule is NCc1ccccc1CNc1cccc(Br)c1C(N)=O. The molecule has 0 aliphatic rings. The Morgan fingerprint density at radius 3 is 2.45 bits per heavy atom. The summed E-state index contributed by atoms with van der Waals surface area (Å²) >= 11 is 3.34. The molecule has 0 atom stereocenters. The van der Waals surface area contributed by atoms with Crippen LogP contribution in [0.3, 0.4) is 0 Å². The van der Waals surface area contributed by atoms with Crippen LogP contribution in [0.2, 0.25) is 0 Å². The highest BCUT2D eigenvalue weighted by Gasteiger charge is 2.12. The lowest BCUT2D eigenvalue weighted by atomic mass is 10.1. The van der Waals surface area contributed by atoms with Gasteiger partial charge in [-0.3, -0.25) is 4.79 Å². The largest absolute Gasteiger partial charge is 0.380 e. The number of nitrogens with one attached hydrogen (secondary N) is 1. The lowest BCUT2D eigenvalue weighted by molar-refractivity contribution is 0.100. The lowest BCUT2D eigenvalue weighted by Crippen LogP contribution is -2.15. The van der Waals surface area contributed by atoms with Crippen molar-refractivity contribution in [2.45, 2.75) is 13.1 Å². The smallest absolute Gasteiger partial charge is 0.251 e. The van der Waals surface area contributed by atoms with E-state index in [1.807, 2.05) is 36.4 Å². The van der Waals surface area contributed by atoms with Gasteiger partial charge >= 0.3 is 0 Å². The van der Waals surface area contributed by atoms with E-state index in [0.29, 0.717) is 28.8 Å². The van der Waals surface area contributed by atoms with Crippen LogP contribution in [-0.4, -0.2) is 5.91 Å². The Morgan fingerprint density at radius 1 is 1.10 bits per heavy atom. The molecule has 0 radical (unpaired) electrons. The van der Waals surface area contributed by atoms with Gasteiger partial charge in [-0.25, -0.2) is 0 Å². The summed E-state index contributed by atoms with van der Waals surface area (Å²) in [6.45, 7) is 1.07. The average Bonchev–Trinajstić information content (AvgIpc) is 2.45. The normalized spacial score (nSPS) is 10.3. The summed E-state index contributed by atoms with van der Waals surface area (Å²) in [5.41, 5.74) is 14.5. The number of anilines is 1. The van der Waals surface area contributed by atoms with E-state index >= 15 is 0 Å². The molecule has 5 N–H and O–H groups in total. The third-order valence-corrected chi connectivity index (χ3v) is 3.73. The zero-order chi connectivity index (χ0) is 14.5.